The van der Waals surface area contributed by atoms with Crippen LogP contribution >= 0.6 is 11.6 Å². The van der Waals surface area contributed by atoms with Crippen LogP contribution in [-0.4, -0.2) is 15.7 Å². The predicted octanol–water partition coefficient (Wildman–Crippen LogP) is 2.15. The van der Waals surface area contributed by atoms with Gasteiger partial charge in [-0.1, -0.05) is 29.8 Å². The second kappa shape index (κ2) is 5.32. The lowest BCUT2D eigenvalue weighted by molar-refractivity contribution is -0.115. The predicted molar refractivity (Wildman–Crippen MR) is 76.1 cm³/mol. The Kier molecular flexibility index (Phi) is 3.76. The van der Waals surface area contributed by atoms with Crippen molar-refractivity contribution in [1.29, 1.82) is 0 Å². The zero-order valence-corrected chi connectivity index (χ0v) is 11.5. The summed E-state index contributed by atoms with van der Waals surface area (Å²) in [5.74, 6) is 0.331. The number of carbonyl (C=O) groups excluding carboxylic acids is 1. The summed E-state index contributed by atoms with van der Waals surface area (Å²) in [6, 6.07) is 7.25. The summed E-state index contributed by atoms with van der Waals surface area (Å²) in [6.07, 6.45) is 0.198. The van der Waals surface area contributed by atoms with E-state index in [9.17, 15) is 4.79 Å². The van der Waals surface area contributed by atoms with E-state index in [2.05, 4.69) is 10.4 Å². The van der Waals surface area contributed by atoms with Gasteiger partial charge in [0.15, 0.2) is 5.82 Å². The van der Waals surface area contributed by atoms with E-state index in [1.807, 2.05) is 18.2 Å². The van der Waals surface area contributed by atoms with E-state index in [1.165, 1.54) is 0 Å². The van der Waals surface area contributed by atoms with Crippen LogP contribution in [0, 0.1) is 6.92 Å². The number of nitrogens with zero attached hydrogens (tertiary/aromatic N) is 2. The Labute approximate surface area is 116 Å². The minimum absolute atomic E-state index is 0.178. The van der Waals surface area contributed by atoms with E-state index in [-0.39, 0.29) is 12.3 Å². The number of amides is 1. The molecular weight excluding hydrogens is 264 g/mol. The number of nitrogens with one attached hydrogen (secondary N) is 1. The van der Waals surface area contributed by atoms with Gasteiger partial charge >= 0.3 is 0 Å². The number of anilines is 2. The van der Waals surface area contributed by atoms with Gasteiger partial charge in [0.05, 0.1) is 17.8 Å². The highest BCUT2D eigenvalue weighted by Gasteiger charge is 2.14. The number of aromatic nitrogens is 2. The molecule has 0 fully saturated rings. The van der Waals surface area contributed by atoms with Crippen molar-refractivity contribution < 1.29 is 4.79 Å². The summed E-state index contributed by atoms with van der Waals surface area (Å²) in [5.41, 5.74) is 7.80. The van der Waals surface area contributed by atoms with Crippen LogP contribution in [0.1, 0.15) is 11.3 Å². The van der Waals surface area contributed by atoms with E-state index in [0.717, 1.165) is 5.56 Å². The molecule has 1 aromatic carbocycles. The molecule has 2 aromatic rings. The smallest absolute Gasteiger partial charge is 0.230 e. The molecule has 0 saturated carbocycles. The molecule has 1 amide bonds. The molecular formula is C13H15ClN4O. The van der Waals surface area contributed by atoms with Crippen LogP contribution < -0.4 is 11.1 Å². The highest BCUT2D eigenvalue weighted by atomic mass is 35.5. The van der Waals surface area contributed by atoms with Gasteiger partial charge in [0.25, 0.3) is 0 Å². The standard InChI is InChI=1S/C13H15ClN4O/c1-8-12(15)13(18(2)17-8)16-11(19)7-9-5-3-4-6-10(9)14/h3-6H,7,15H2,1-2H3,(H,16,19). The van der Waals surface area contributed by atoms with Crippen LogP contribution in [0.5, 0.6) is 0 Å². The Hall–Kier alpha value is -2.01. The molecule has 1 aromatic heterocycles. The fourth-order valence-electron chi connectivity index (χ4n) is 1.81. The number of nitrogen functional groups attached to an aromatic ring is 1. The third-order valence-electron chi connectivity index (χ3n) is 2.84. The lowest BCUT2D eigenvalue weighted by atomic mass is 10.1. The van der Waals surface area contributed by atoms with E-state index >= 15 is 0 Å². The first-order valence-electron chi connectivity index (χ1n) is 5.81. The number of aryl methyl sites for hydroxylation is 2. The minimum atomic E-state index is -0.178. The quantitative estimate of drug-likeness (QED) is 0.903. The molecule has 0 aliphatic rings. The van der Waals surface area contributed by atoms with Gasteiger partial charge in [-0.05, 0) is 18.6 Å². The van der Waals surface area contributed by atoms with E-state index in [4.69, 9.17) is 17.3 Å². The maximum Gasteiger partial charge on any atom is 0.230 e. The Bertz CT molecular complexity index is 621. The fourth-order valence-corrected chi connectivity index (χ4v) is 2.02. The summed E-state index contributed by atoms with van der Waals surface area (Å²) in [5, 5.41) is 7.47. The van der Waals surface area contributed by atoms with Gasteiger partial charge < -0.3 is 11.1 Å². The number of nitrogens with two attached hydrogens (primary N) is 1. The van der Waals surface area contributed by atoms with Crippen LogP contribution in [0.25, 0.3) is 0 Å². The fraction of sp³-hybridized carbons (Fsp3) is 0.231. The first-order valence-corrected chi connectivity index (χ1v) is 6.19. The van der Waals surface area contributed by atoms with Crippen molar-refractivity contribution in [3.63, 3.8) is 0 Å². The van der Waals surface area contributed by atoms with E-state index in [0.29, 0.717) is 22.2 Å². The Morgan fingerprint density at radius 2 is 2.16 bits per heavy atom. The van der Waals surface area contributed by atoms with Gasteiger partial charge in [0.2, 0.25) is 5.91 Å². The SMILES string of the molecule is Cc1nn(C)c(NC(=O)Cc2ccccc2Cl)c1N. The highest BCUT2D eigenvalue weighted by molar-refractivity contribution is 6.31. The van der Waals surface area contributed by atoms with Crippen molar-refractivity contribution in [3.05, 3.63) is 40.5 Å². The van der Waals surface area contributed by atoms with Crippen molar-refractivity contribution >= 4 is 29.0 Å². The molecule has 0 spiro atoms. The van der Waals surface area contributed by atoms with Crippen LogP contribution in [-0.2, 0) is 18.3 Å². The number of halogens is 1. The summed E-state index contributed by atoms with van der Waals surface area (Å²) < 4.78 is 1.55. The van der Waals surface area contributed by atoms with Crippen LogP contribution in [0.2, 0.25) is 5.02 Å². The van der Waals surface area contributed by atoms with Gasteiger partial charge in [0, 0.05) is 12.1 Å². The summed E-state index contributed by atoms with van der Waals surface area (Å²) in [4.78, 5) is 12.0. The average Bonchev–Trinajstić information content (AvgIpc) is 2.59. The van der Waals surface area contributed by atoms with Gasteiger partial charge in [-0.2, -0.15) is 5.10 Å². The summed E-state index contributed by atoms with van der Waals surface area (Å²) in [7, 11) is 1.73. The second-order valence-electron chi connectivity index (χ2n) is 4.29. The Balaban J connectivity index is 2.12. The Morgan fingerprint density at radius 3 is 2.74 bits per heavy atom. The number of hydrogen-bond donors (Lipinski definition) is 2. The number of rotatable bonds is 3. The summed E-state index contributed by atoms with van der Waals surface area (Å²) >= 11 is 6.02. The number of carbonyl (C=O) groups is 1. The largest absolute Gasteiger partial charge is 0.394 e. The van der Waals surface area contributed by atoms with Crippen molar-refractivity contribution in [3.8, 4) is 0 Å². The van der Waals surface area contributed by atoms with Gasteiger partial charge in [-0.15, -0.1) is 0 Å². The zero-order valence-electron chi connectivity index (χ0n) is 10.8. The first kappa shape index (κ1) is 13.4. The Morgan fingerprint density at radius 1 is 1.47 bits per heavy atom. The second-order valence-corrected chi connectivity index (χ2v) is 4.69. The molecule has 2 rings (SSSR count). The third-order valence-corrected chi connectivity index (χ3v) is 3.20. The lowest BCUT2D eigenvalue weighted by Crippen LogP contribution is -2.17. The summed E-state index contributed by atoms with van der Waals surface area (Å²) in [6.45, 7) is 1.79. The molecule has 0 saturated heterocycles. The topological polar surface area (TPSA) is 72.9 Å². The molecule has 6 heteroatoms. The monoisotopic (exact) mass is 278 g/mol. The first-order chi connectivity index (χ1) is 8.99. The molecule has 0 bridgehead atoms. The van der Waals surface area contributed by atoms with E-state index < -0.39 is 0 Å². The average molecular weight is 279 g/mol. The number of hydrogen-bond acceptors (Lipinski definition) is 3. The van der Waals surface area contributed by atoms with Crippen molar-refractivity contribution in [2.45, 2.75) is 13.3 Å². The van der Waals surface area contributed by atoms with Gasteiger partial charge in [-0.25, -0.2) is 0 Å². The molecule has 0 aliphatic heterocycles. The van der Waals surface area contributed by atoms with Crippen LogP contribution in [0.3, 0.4) is 0 Å². The third kappa shape index (κ3) is 2.88. The molecule has 0 unspecified atom stereocenters. The number of benzene rings is 1. The molecule has 3 N–H and O–H groups in total. The molecule has 0 atom stereocenters. The molecule has 0 radical (unpaired) electrons. The zero-order chi connectivity index (χ0) is 14.0. The maximum atomic E-state index is 12.0. The molecule has 5 nitrogen and oxygen atoms in total. The van der Waals surface area contributed by atoms with Crippen LogP contribution in [0.15, 0.2) is 24.3 Å². The molecule has 0 aliphatic carbocycles. The molecule has 1 heterocycles. The van der Waals surface area contributed by atoms with Crippen molar-refractivity contribution in [1.82, 2.24) is 9.78 Å². The minimum Gasteiger partial charge on any atom is -0.394 e. The van der Waals surface area contributed by atoms with E-state index in [1.54, 1.807) is 24.7 Å². The molecule has 19 heavy (non-hydrogen) atoms. The normalized spacial score (nSPS) is 10.5. The van der Waals surface area contributed by atoms with Crippen molar-refractivity contribution in [2.75, 3.05) is 11.1 Å². The lowest BCUT2D eigenvalue weighted by Gasteiger charge is -2.07. The highest BCUT2D eigenvalue weighted by Crippen LogP contribution is 2.22. The van der Waals surface area contributed by atoms with Crippen molar-refractivity contribution in [2.24, 2.45) is 7.05 Å². The van der Waals surface area contributed by atoms with Gasteiger partial charge in [-0.3, -0.25) is 9.48 Å². The van der Waals surface area contributed by atoms with Crippen LogP contribution in [0.4, 0.5) is 11.5 Å². The molecule has 100 valence electrons. The maximum absolute atomic E-state index is 12.0. The van der Waals surface area contributed by atoms with Gasteiger partial charge in [0.1, 0.15) is 0 Å².